The van der Waals surface area contributed by atoms with E-state index in [0.29, 0.717) is 23.3 Å². The third-order valence-corrected chi connectivity index (χ3v) is 3.27. The maximum Gasteiger partial charge on any atom is 0.230 e. The molecule has 0 aliphatic heterocycles. The highest BCUT2D eigenvalue weighted by atomic mass is 32.2. The minimum absolute atomic E-state index is 0.0105. The summed E-state index contributed by atoms with van der Waals surface area (Å²) < 4.78 is 0. The summed E-state index contributed by atoms with van der Waals surface area (Å²) >= 11 is 1.31. The Kier molecular flexibility index (Phi) is 5.37. The number of aromatic amines is 1. The van der Waals surface area contributed by atoms with Crippen molar-refractivity contribution < 1.29 is 4.79 Å². The Labute approximate surface area is 121 Å². The minimum Gasteiger partial charge on any atom is -0.356 e. The second kappa shape index (κ2) is 7.49. The minimum atomic E-state index is -0.0105. The molecule has 0 saturated carbocycles. The molecule has 20 heavy (non-hydrogen) atoms. The van der Waals surface area contributed by atoms with Gasteiger partial charge in [0.25, 0.3) is 0 Å². The maximum absolute atomic E-state index is 11.3. The monoisotopic (exact) mass is 288 g/mol. The van der Waals surface area contributed by atoms with Gasteiger partial charge in [-0.2, -0.15) is 0 Å². The number of amides is 1. The molecule has 1 amide bonds. The molecule has 0 radical (unpaired) electrons. The quantitative estimate of drug-likeness (QED) is 0.799. The normalized spacial score (nSPS) is 10.8. The number of aromatic nitrogens is 3. The van der Waals surface area contributed by atoms with E-state index in [1.165, 1.54) is 11.8 Å². The van der Waals surface area contributed by atoms with Crippen LogP contribution in [0.15, 0.2) is 35.5 Å². The van der Waals surface area contributed by atoms with E-state index in [-0.39, 0.29) is 5.91 Å². The lowest BCUT2D eigenvalue weighted by molar-refractivity contribution is -0.118. The molecule has 0 spiro atoms. The van der Waals surface area contributed by atoms with E-state index >= 15 is 0 Å². The number of thioether (sulfide) groups is 1. The Morgan fingerprint density at radius 1 is 1.35 bits per heavy atom. The summed E-state index contributed by atoms with van der Waals surface area (Å²) in [6.45, 7) is 2.53. The van der Waals surface area contributed by atoms with E-state index in [1.807, 2.05) is 49.4 Å². The Bertz CT molecular complexity index is 580. The highest BCUT2D eigenvalue weighted by molar-refractivity contribution is 7.99. The van der Waals surface area contributed by atoms with Gasteiger partial charge < -0.3 is 5.32 Å². The van der Waals surface area contributed by atoms with Crippen molar-refractivity contribution in [2.45, 2.75) is 12.1 Å². The number of nitrogens with one attached hydrogen (secondary N) is 2. The van der Waals surface area contributed by atoms with Crippen molar-refractivity contribution in [3.8, 4) is 0 Å². The Balaban J connectivity index is 1.89. The molecule has 5 nitrogen and oxygen atoms in total. The lowest BCUT2D eigenvalue weighted by atomic mass is 10.2. The highest BCUT2D eigenvalue weighted by Crippen LogP contribution is 2.13. The van der Waals surface area contributed by atoms with Crippen LogP contribution in [-0.2, 0) is 4.79 Å². The summed E-state index contributed by atoms with van der Waals surface area (Å²) in [6.07, 6.45) is 3.82. The van der Waals surface area contributed by atoms with Crippen LogP contribution in [-0.4, -0.2) is 33.4 Å². The van der Waals surface area contributed by atoms with Crippen LogP contribution in [0, 0.1) is 0 Å². The second-order valence-electron chi connectivity index (χ2n) is 3.99. The second-order valence-corrected chi connectivity index (χ2v) is 4.93. The van der Waals surface area contributed by atoms with Crippen LogP contribution in [0.1, 0.15) is 18.3 Å². The maximum atomic E-state index is 11.3. The van der Waals surface area contributed by atoms with Crippen LogP contribution in [0.5, 0.6) is 0 Å². The molecular weight excluding hydrogens is 272 g/mol. The first-order valence-corrected chi connectivity index (χ1v) is 7.31. The van der Waals surface area contributed by atoms with Crippen molar-refractivity contribution in [1.29, 1.82) is 0 Å². The number of benzene rings is 1. The summed E-state index contributed by atoms with van der Waals surface area (Å²) in [5.74, 6) is 0.990. The van der Waals surface area contributed by atoms with Gasteiger partial charge in [0.1, 0.15) is 5.82 Å². The van der Waals surface area contributed by atoms with E-state index in [0.717, 1.165) is 5.56 Å². The zero-order valence-electron chi connectivity index (χ0n) is 11.2. The molecule has 0 aliphatic carbocycles. The molecule has 1 aromatic heterocycles. The number of H-pyrrole nitrogens is 1. The van der Waals surface area contributed by atoms with Gasteiger partial charge in [-0.25, -0.2) is 4.98 Å². The number of nitrogens with zero attached hydrogens (tertiary/aromatic N) is 2. The Hall–Kier alpha value is -2.08. The molecule has 0 unspecified atom stereocenters. The summed E-state index contributed by atoms with van der Waals surface area (Å²) in [7, 11) is 0. The van der Waals surface area contributed by atoms with E-state index < -0.39 is 0 Å². The van der Waals surface area contributed by atoms with Crippen LogP contribution in [0.3, 0.4) is 0 Å². The molecule has 6 heteroatoms. The fourth-order valence-corrected chi connectivity index (χ4v) is 2.15. The van der Waals surface area contributed by atoms with Gasteiger partial charge in [-0.3, -0.25) is 9.89 Å². The van der Waals surface area contributed by atoms with Gasteiger partial charge in [-0.1, -0.05) is 48.2 Å². The number of carbonyl (C=O) groups excluding carboxylic acids is 1. The third kappa shape index (κ3) is 4.55. The number of carbonyl (C=O) groups is 1. The topological polar surface area (TPSA) is 70.7 Å². The summed E-state index contributed by atoms with van der Waals surface area (Å²) in [5, 5.41) is 10.2. The first-order valence-electron chi connectivity index (χ1n) is 6.33. The zero-order chi connectivity index (χ0) is 14.2. The highest BCUT2D eigenvalue weighted by Gasteiger charge is 2.05. The SMILES string of the molecule is CCNC(=O)CSc1n[nH]c(/C=C/c2ccccc2)n1. The molecule has 2 rings (SSSR count). The van der Waals surface area contributed by atoms with Crippen molar-refractivity contribution in [2.24, 2.45) is 0 Å². The molecule has 1 heterocycles. The molecular formula is C14H16N4OS. The summed E-state index contributed by atoms with van der Waals surface area (Å²) in [5.41, 5.74) is 1.10. The molecule has 0 saturated heterocycles. The molecule has 0 aliphatic rings. The van der Waals surface area contributed by atoms with E-state index in [2.05, 4.69) is 20.5 Å². The van der Waals surface area contributed by atoms with Gasteiger partial charge in [0, 0.05) is 6.54 Å². The number of hydrogen-bond donors (Lipinski definition) is 2. The lowest BCUT2D eigenvalue weighted by Gasteiger charge is -1.98. The van der Waals surface area contributed by atoms with Crippen LogP contribution in [0.25, 0.3) is 12.2 Å². The van der Waals surface area contributed by atoms with Crippen molar-refractivity contribution >= 4 is 29.8 Å². The summed E-state index contributed by atoms with van der Waals surface area (Å²) in [6, 6.07) is 9.96. The smallest absolute Gasteiger partial charge is 0.230 e. The average Bonchev–Trinajstić information content (AvgIpc) is 2.92. The standard InChI is InChI=1S/C14H16N4OS/c1-2-15-13(19)10-20-14-16-12(17-18-14)9-8-11-6-4-3-5-7-11/h3-9H,2,10H2,1H3,(H,15,19)(H,16,17,18)/b9-8+. The van der Waals surface area contributed by atoms with Crippen molar-refractivity contribution in [3.63, 3.8) is 0 Å². The van der Waals surface area contributed by atoms with Crippen molar-refractivity contribution in [2.75, 3.05) is 12.3 Å². The van der Waals surface area contributed by atoms with Crippen molar-refractivity contribution in [3.05, 3.63) is 41.7 Å². The van der Waals surface area contributed by atoms with Crippen LogP contribution in [0.4, 0.5) is 0 Å². The molecule has 2 N–H and O–H groups in total. The van der Waals surface area contributed by atoms with Gasteiger partial charge in [-0.05, 0) is 18.6 Å². The van der Waals surface area contributed by atoms with Gasteiger partial charge in [0.05, 0.1) is 5.75 Å². The van der Waals surface area contributed by atoms with Crippen molar-refractivity contribution in [1.82, 2.24) is 20.5 Å². The van der Waals surface area contributed by atoms with Crippen LogP contribution < -0.4 is 5.32 Å². The fraction of sp³-hybridized carbons (Fsp3) is 0.214. The van der Waals surface area contributed by atoms with Crippen LogP contribution in [0.2, 0.25) is 0 Å². The molecule has 2 aromatic rings. The Morgan fingerprint density at radius 3 is 2.90 bits per heavy atom. The predicted molar refractivity (Wildman–Crippen MR) is 81.2 cm³/mol. The fourth-order valence-electron chi connectivity index (χ4n) is 1.51. The number of hydrogen-bond acceptors (Lipinski definition) is 4. The zero-order valence-corrected chi connectivity index (χ0v) is 12.0. The molecule has 0 bridgehead atoms. The van der Waals surface area contributed by atoms with E-state index in [4.69, 9.17) is 0 Å². The van der Waals surface area contributed by atoms with Gasteiger partial charge in [0.2, 0.25) is 11.1 Å². The molecule has 1 aromatic carbocycles. The predicted octanol–water partition coefficient (Wildman–Crippen LogP) is 2.20. The first-order chi connectivity index (χ1) is 9.78. The third-order valence-electron chi connectivity index (χ3n) is 2.42. The summed E-state index contributed by atoms with van der Waals surface area (Å²) in [4.78, 5) is 15.6. The van der Waals surface area contributed by atoms with Gasteiger partial charge in [-0.15, -0.1) is 5.10 Å². The van der Waals surface area contributed by atoms with E-state index in [1.54, 1.807) is 0 Å². The lowest BCUT2D eigenvalue weighted by Crippen LogP contribution is -2.24. The van der Waals surface area contributed by atoms with Crippen LogP contribution >= 0.6 is 11.8 Å². The van der Waals surface area contributed by atoms with Gasteiger partial charge >= 0.3 is 0 Å². The average molecular weight is 288 g/mol. The van der Waals surface area contributed by atoms with E-state index in [9.17, 15) is 4.79 Å². The number of rotatable bonds is 6. The molecule has 104 valence electrons. The Morgan fingerprint density at radius 2 is 2.15 bits per heavy atom. The molecule has 0 fully saturated rings. The largest absolute Gasteiger partial charge is 0.356 e. The first kappa shape index (κ1) is 14.3. The van der Waals surface area contributed by atoms with Gasteiger partial charge in [0.15, 0.2) is 0 Å². The molecule has 0 atom stereocenters.